The Labute approximate surface area is 117 Å². The second-order valence-electron chi connectivity index (χ2n) is 4.59. The lowest BCUT2D eigenvalue weighted by atomic mass is 9.98. The normalized spacial score (nSPS) is 24.7. The number of phenols is 1. The number of carboxylic acids is 1. The molecule has 1 aromatic rings. The maximum absolute atomic E-state index is 11.0. The van der Waals surface area contributed by atoms with E-state index in [2.05, 4.69) is 21.2 Å². The van der Waals surface area contributed by atoms with E-state index >= 15 is 0 Å². The highest BCUT2D eigenvalue weighted by molar-refractivity contribution is 9.10. The predicted molar refractivity (Wildman–Crippen MR) is 68.4 cm³/mol. The van der Waals surface area contributed by atoms with E-state index in [0.717, 1.165) is 0 Å². The van der Waals surface area contributed by atoms with Crippen molar-refractivity contribution in [1.29, 1.82) is 0 Å². The van der Waals surface area contributed by atoms with Crippen LogP contribution in [-0.2, 0) is 4.79 Å². The Kier molecular flexibility index (Phi) is 3.02. The fourth-order valence-corrected chi connectivity index (χ4v) is 2.91. The molecule has 7 heteroatoms. The summed E-state index contributed by atoms with van der Waals surface area (Å²) in [5.74, 6) is -0.183. The van der Waals surface area contributed by atoms with Gasteiger partial charge in [-0.1, -0.05) is 0 Å². The number of rotatable bonds is 2. The highest BCUT2D eigenvalue weighted by Crippen LogP contribution is 2.49. The van der Waals surface area contributed by atoms with Crippen LogP contribution in [0, 0.1) is 5.92 Å². The quantitative estimate of drug-likeness (QED) is 0.764. The van der Waals surface area contributed by atoms with Gasteiger partial charge in [-0.25, -0.2) is 0 Å². The van der Waals surface area contributed by atoms with Crippen LogP contribution in [0.25, 0.3) is 0 Å². The van der Waals surface area contributed by atoms with E-state index in [-0.39, 0.29) is 18.6 Å². The van der Waals surface area contributed by atoms with Crippen molar-refractivity contribution in [1.82, 2.24) is 5.32 Å². The number of hydrogen-bond acceptors (Lipinski definition) is 5. The Morgan fingerprint density at radius 3 is 2.95 bits per heavy atom. The monoisotopic (exact) mass is 329 g/mol. The van der Waals surface area contributed by atoms with Crippen LogP contribution in [0.1, 0.15) is 18.0 Å². The Balaban J connectivity index is 1.99. The molecule has 6 nitrogen and oxygen atoms in total. The molecule has 2 unspecified atom stereocenters. The van der Waals surface area contributed by atoms with Gasteiger partial charge in [-0.15, -0.1) is 0 Å². The largest absolute Gasteiger partial charge is 0.506 e. The topological polar surface area (TPSA) is 88.0 Å². The number of carboxylic acid groups (broad SMARTS) is 1. The first-order valence-electron chi connectivity index (χ1n) is 5.85. The molecule has 0 aromatic heterocycles. The molecule has 2 atom stereocenters. The van der Waals surface area contributed by atoms with Crippen molar-refractivity contribution in [3.05, 3.63) is 16.1 Å². The van der Waals surface area contributed by atoms with E-state index in [9.17, 15) is 9.90 Å². The molecule has 0 saturated carbocycles. The first kappa shape index (κ1) is 12.6. The molecule has 1 aromatic carbocycles. The highest BCUT2D eigenvalue weighted by Gasteiger charge is 2.36. The van der Waals surface area contributed by atoms with Gasteiger partial charge in [0.25, 0.3) is 0 Å². The first-order valence-corrected chi connectivity index (χ1v) is 6.64. The number of halogens is 1. The molecule has 3 N–H and O–H groups in total. The van der Waals surface area contributed by atoms with Crippen molar-refractivity contribution in [2.75, 3.05) is 13.3 Å². The van der Waals surface area contributed by atoms with Gasteiger partial charge in [0.05, 0.1) is 16.0 Å². The second kappa shape index (κ2) is 4.57. The van der Waals surface area contributed by atoms with Crippen LogP contribution >= 0.6 is 15.9 Å². The summed E-state index contributed by atoms with van der Waals surface area (Å²) in [6.07, 6.45) is 0.412. The lowest BCUT2D eigenvalue weighted by Gasteiger charge is -2.16. The van der Waals surface area contributed by atoms with Crippen molar-refractivity contribution < 1.29 is 24.5 Å². The van der Waals surface area contributed by atoms with Gasteiger partial charge in [0.2, 0.25) is 6.79 Å². The summed E-state index contributed by atoms with van der Waals surface area (Å²) >= 11 is 3.26. The van der Waals surface area contributed by atoms with Gasteiger partial charge in [0, 0.05) is 18.7 Å². The third-order valence-electron chi connectivity index (χ3n) is 3.45. The molecule has 19 heavy (non-hydrogen) atoms. The fourth-order valence-electron chi connectivity index (χ4n) is 2.49. The minimum Gasteiger partial charge on any atom is -0.506 e. The Morgan fingerprint density at radius 2 is 2.26 bits per heavy atom. The van der Waals surface area contributed by atoms with Crippen LogP contribution < -0.4 is 14.8 Å². The third kappa shape index (κ3) is 2.02. The zero-order valence-corrected chi connectivity index (χ0v) is 11.4. The lowest BCUT2D eigenvalue weighted by Crippen LogP contribution is -2.17. The smallest absolute Gasteiger partial charge is 0.307 e. The number of nitrogens with one attached hydrogen (secondary N) is 1. The van der Waals surface area contributed by atoms with E-state index in [1.54, 1.807) is 6.07 Å². The average molecular weight is 330 g/mol. The Bertz CT molecular complexity index is 547. The molecule has 2 aliphatic rings. The SMILES string of the molecule is O=C(O)C1CNC(c2c(O)c(Br)cc3c2OCO3)C1. The standard InChI is InChI=1S/C12H12BrNO5/c13-6-2-8-11(19-4-18-8)9(10(6)15)7-1-5(3-14-7)12(16)17/h2,5,7,14-15H,1,3-4H2,(H,16,17). The van der Waals surface area contributed by atoms with Gasteiger partial charge < -0.3 is 25.0 Å². The second-order valence-corrected chi connectivity index (χ2v) is 5.44. The molecule has 0 spiro atoms. The molecular formula is C12H12BrNO5. The summed E-state index contributed by atoms with van der Waals surface area (Å²) in [5, 5.41) is 22.3. The van der Waals surface area contributed by atoms with E-state index in [0.29, 0.717) is 34.5 Å². The predicted octanol–water partition coefficient (Wildman–Crippen LogP) is 1.62. The molecule has 0 bridgehead atoms. The van der Waals surface area contributed by atoms with Gasteiger partial charge in [-0.05, 0) is 22.4 Å². The molecular weight excluding hydrogens is 318 g/mol. The minimum atomic E-state index is -0.835. The zero-order chi connectivity index (χ0) is 13.6. The fraction of sp³-hybridized carbons (Fsp3) is 0.417. The number of benzene rings is 1. The molecule has 1 saturated heterocycles. The summed E-state index contributed by atoms with van der Waals surface area (Å²) in [4.78, 5) is 11.0. The number of hydrogen-bond donors (Lipinski definition) is 3. The number of phenolic OH excluding ortho intramolecular Hbond substituents is 1. The maximum Gasteiger partial charge on any atom is 0.307 e. The summed E-state index contributed by atoms with van der Waals surface area (Å²) in [6.45, 7) is 0.481. The summed E-state index contributed by atoms with van der Waals surface area (Å²) < 4.78 is 11.2. The van der Waals surface area contributed by atoms with Crippen molar-refractivity contribution in [2.24, 2.45) is 5.92 Å². The molecule has 0 amide bonds. The van der Waals surface area contributed by atoms with Crippen LogP contribution in [0.5, 0.6) is 17.2 Å². The number of ether oxygens (including phenoxy) is 2. The van der Waals surface area contributed by atoms with Gasteiger partial charge >= 0.3 is 5.97 Å². The number of aliphatic carboxylic acids is 1. The molecule has 3 rings (SSSR count). The van der Waals surface area contributed by atoms with Gasteiger partial charge in [0.1, 0.15) is 5.75 Å². The Morgan fingerprint density at radius 1 is 1.47 bits per heavy atom. The van der Waals surface area contributed by atoms with Crippen LogP contribution in [0.15, 0.2) is 10.5 Å². The van der Waals surface area contributed by atoms with Crippen molar-refractivity contribution >= 4 is 21.9 Å². The number of aromatic hydroxyl groups is 1. The van der Waals surface area contributed by atoms with Crippen LogP contribution in [0.2, 0.25) is 0 Å². The summed E-state index contributed by atoms with van der Waals surface area (Å²) in [5.41, 5.74) is 0.561. The molecule has 2 heterocycles. The average Bonchev–Trinajstić information content (AvgIpc) is 2.99. The molecule has 0 aliphatic carbocycles. The van der Waals surface area contributed by atoms with Gasteiger partial charge in [-0.3, -0.25) is 4.79 Å². The Hall–Kier alpha value is -1.47. The minimum absolute atomic E-state index is 0.0628. The summed E-state index contributed by atoms with van der Waals surface area (Å²) in [7, 11) is 0. The van der Waals surface area contributed by atoms with E-state index in [1.807, 2.05) is 0 Å². The van der Waals surface area contributed by atoms with E-state index in [1.165, 1.54) is 0 Å². The highest BCUT2D eigenvalue weighted by atomic mass is 79.9. The number of carbonyl (C=O) groups is 1. The van der Waals surface area contributed by atoms with E-state index in [4.69, 9.17) is 14.6 Å². The van der Waals surface area contributed by atoms with Crippen LogP contribution in [0.4, 0.5) is 0 Å². The molecule has 2 aliphatic heterocycles. The molecule has 102 valence electrons. The van der Waals surface area contributed by atoms with Crippen molar-refractivity contribution in [3.8, 4) is 17.2 Å². The van der Waals surface area contributed by atoms with E-state index < -0.39 is 11.9 Å². The van der Waals surface area contributed by atoms with Crippen LogP contribution in [0.3, 0.4) is 0 Å². The maximum atomic E-state index is 11.0. The molecule has 0 radical (unpaired) electrons. The molecule has 1 fully saturated rings. The first-order chi connectivity index (χ1) is 9.08. The number of fused-ring (bicyclic) bond motifs is 1. The van der Waals surface area contributed by atoms with Gasteiger partial charge in [0.15, 0.2) is 11.5 Å². The third-order valence-corrected chi connectivity index (χ3v) is 4.06. The van der Waals surface area contributed by atoms with Crippen LogP contribution in [-0.4, -0.2) is 29.5 Å². The lowest BCUT2D eigenvalue weighted by molar-refractivity contribution is -0.141. The van der Waals surface area contributed by atoms with Crippen molar-refractivity contribution in [3.63, 3.8) is 0 Å². The summed E-state index contributed by atoms with van der Waals surface area (Å²) in [6, 6.07) is 1.39. The van der Waals surface area contributed by atoms with Gasteiger partial charge in [-0.2, -0.15) is 0 Å². The van der Waals surface area contributed by atoms with Crippen molar-refractivity contribution in [2.45, 2.75) is 12.5 Å². The zero-order valence-electron chi connectivity index (χ0n) is 9.85.